The van der Waals surface area contributed by atoms with Gasteiger partial charge in [0.1, 0.15) is 0 Å². The van der Waals surface area contributed by atoms with Crippen LogP contribution in [0.3, 0.4) is 0 Å². The fraction of sp³-hybridized carbons (Fsp3) is 0.632. The normalized spacial score (nSPS) is 12.1. The van der Waals surface area contributed by atoms with Gasteiger partial charge in [0.2, 0.25) is 0 Å². The van der Waals surface area contributed by atoms with E-state index in [0.717, 1.165) is 10.6 Å². The molecule has 0 fully saturated rings. The van der Waals surface area contributed by atoms with Crippen LogP contribution in [0.15, 0.2) is 23.4 Å². The van der Waals surface area contributed by atoms with Gasteiger partial charge in [0.25, 0.3) is 0 Å². The molecule has 0 saturated heterocycles. The summed E-state index contributed by atoms with van der Waals surface area (Å²) in [7, 11) is 0. The molecule has 5 N–H and O–H groups in total. The van der Waals surface area contributed by atoms with Gasteiger partial charge in [-0.1, -0.05) is 0 Å². The van der Waals surface area contributed by atoms with Crippen LogP contribution in [-0.2, 0) is 0 Å². The Kier molecular flexibility index (Phi) is 12.6. The maximum atomic E-state index is 9.23. The van der Waals surface area contributed by atoms with Crippen LogP contribution in [0, 0.1) is 0 Å². The quantitative estimate of drug-likeness (QED) is 0.159. The number of amidine groups is 1. The van der Waals surface area contributed by atoms with Crippen molar-refractivity contribution in [2.45, 2.75) is 72.6 Å². The van der Waals surface area contributed by atoms with Gasteiger partial charge in [-0.05, 0) is 0 Å². The number of nitrogens with two attached hydrogens (primary N) is 1. The third-order valence-electron chi connectivity index (χ3n) is 4.96. The van der Waals surface area contributed by atoms with Gasteiger partial charge >= 0.3 is 157 Å². The third kappa shape index (κ3) is 6.99. The van der Waals surface area contributed by atoms with E-state index in [1.807, 2.05) is 12.1 Å². The summed E-state index contributed by atoms with van der Waals surface area (Å²) in [5.74, 6) is 0.229. The molecule has 1 rings (SSSR count). The predicted molar refractivity (Wildman–Crippen MR) is 112 cm³/mol. The molecule has 0 unspecified atom stereocenters. The average molecular weight is 478 g/mol. The molecule has 1 aromatic rings. The first-order valence-electron chi connectivity index (χ1n) is 9.32. The van der Waals surface area contributed by atoms with E-state index in [-0.39, 0.29) is 11.3 Å². The molecule has 1 aromatic carbocycles. The summed E-state index contributed by atoms with van der Waals surface area (Å²) in [6.45, 7) is 6.79. The van der Waals surface area contributed by atoms with Crippen LogP contribution < -0.4 is 9.31 Å². The molecule has 0 amide bonds. The number of unbranched alkanes of at least 4 members (excludes halogenated alkanes) is 3. The molecule has 25 heavy (non-hydrogen) atoms. The molecular formula is C19H35ClN2O2Sn. The molecule has 0 aliphatic heterocycles. The van der Waals surface area contributed by atoms with E-state index in [1.165, 1.54) is 55.4 Å². The van der Waals surface area contributed by atoms with Crippen LogP contribution >= 0.6 is 11.6 Å². The van der Waals surface area contributed by atoms with Crippen molar-refractivity contribution in [2.24, 2.45) is 10.9 Å². The van der Waals surface area contributed by atoms with Gasteiger partial charge in [-0.15, -0.1) is 0 Å². The smallest absolute Gasteiger partial charge is 0.412 e. The minimum Gasteiger partial charge on any atom is -0.412 e. The summed E-state index contributed by atoms with van der Waals surface area (Å²) >= 11 is 3.70. The fourth-order valence-corrected chi connectivity index (χ4v) is 20.8. The van der Waals surface area contributed by atoms with Crippen LogP contribution in [0.2, 0.25) is 18.3 Å². The second-order valence-electron chi connectivity index (χ2n) is 6.77. The largest absolute Gasteiger partial charge is 0.412 e. The van der Waals surface area contributed by atoms with E-state index in [2.05, 4.69) is 32.0 Å². The minimum absolute atomic E-state index is 0. The molecule has 144 valence electrons. The Hall–Kier alpha value is -0.461. The molecule has 0 aromatic heterocycles. The molecule has 0 heterocycles. The van der Waals surface area contributed by atoms with E-state index >= 15 is 0 Å². The minimum atomic E-state index is -2.67. The molecule has 0 saturated carbocycles. The Bertz CT molecular complexity index is 516. The van der Waals surface area contributed by atoms with Crippen molar-refractivity contribution in [3.63, 3.8) is 0 Å². The van der Waals surface area contributed by atoms with Crippen molar-refractivity contribution in [1.29, 1.82) is 0 Å². The van der Waals surface area contributed by atoms with Crippen molar-refractivity contribution in [3.05, 3.63) is 28.8 Å². The van der Waals surface area contributed by atoms with Crippen LogP contribution in [-0.4, -0.2) is 34.9 Å². The molecule has 0 aliphatic carbocycles. The first kappa shape index (κ1) is 24.5. The van der Waals surface area contributed by atoms with E-state index in [9.17, 15) is 5.21 Å². The maximum absolute atomic E-state index is 9.23. The first-order valence-corrected chi connectivity index (χ1v) is 17.2. The number of rotatable bonds is 11. The van der Waals surface area contributed by atoms with E-state index in [4.69, 9.17) is 17.3 Å². The van der Waals surface area contributed by atoms with E-state index in [0.29, 0.717) is 0 Å². The second-order valence-corrected chi connectivity index (χ2v) is 20.3. The van der Waals surface area contributed by atoms with Crippen LogP contribution in [0.5, 0.6) is 0 Å². The summed E-state index contributed by atoms with van der Waals surface area (Å²) in [5, 5.41) is 13.3. The van der Waals surface area contributed by atoms with Gasteiger partial charge in [0, 0.05) is 0 Å². The fourth-order valence-electron chi connectivity index (χ4n) is 3.56. The van der Waals surface area contributed by atoms with Crippen molar-refractivity contribution in [3.8, 4) is 0 Å². The van der Waals surface area contributed by atoms with E-state index in [1.54, 1.807) is 0 Å². The van der Waals surface area contributed by atoms with Crippen LogP contribution in [0.4, 0.5) is 0 Å². The van der Waals surface area contributed by atoms with Gasteiger partial charge in [-0.3, -0.25) is 0 Å². The Balaban J connectivity index is 0.00000576. The number of oxime groups is 1. The summed E-state index contributed by atoms with van der Waals surface area (Å²) in [5.41, 5.74) is 6.94. The van der Waals surface area contributed by atoms with Crippen molar-refractivity contribution in [2.75, 3.05) is 0 Å². The summed E-state index contributed by atoms with van der Waals surface area (Å²) < 4.78 is 5.36. The van der Waals surface area contributed by atoms with Crippen LogP contribution in [0.25, 0.3) is 0 Å². The zero-order valence-corrected chi connectivity index (χ0v) is 19.6. The van der Waals surface area contributed by atoms with Gasteiger partial charge < -0.3 is 5.48 Å². The Morgan fingerprint density at radius 1 is 1.04 bits per heavy atom. The van der Waals surface area contributed by atoms with Crippen molar-refractivity contribution in [1.82, 2.24) is 0 Å². The number of halogens is 1. The SMILES string of the molecule is CCC[CH2][Sn]([CH2]CCC)([CH2]CCC)[c]1cc(Cl)ccc1C(N)=NO.O. The second kappa shape index (κ2) is 12.8. The molecule has 6 heteroatoms. The number of hydrogen-bond donors (Lipinski definition) is 2. The Morgan fingerprint density at radius 3 is 1.92 bits per heavy atom. The van der Waals surface area contributed by atoms with Gasteiger partial charge in [-0.25, -0.2) is 0 Å². The molecule has 4 nitrogen and oxygen atoms in total. The van der Waals surface area contributed by atoms with Gasteiger partial charge in [0.05, 0.1) is 0 Å². The van der Waals surface area contributed by atoms with E-state index < -0.39 is 18.4 Å². The monoisotopic (exact) mass is 478 g/mol. The summed E-state index contributed by atoms with van der Waals surface area (Å²) in [6.07, 6.45) is 7.46. The summed E-state index contributed by atoms with van der Waals surface area (Å²) in [4.78, 5) is 0. The topological polar surface area (TPSA) is 90.1 Å². The van der Waals surface area contributed by atoms with Gasteiger partial charge in [0.15, 0.2) is 0 Å². The Morgan fingerprint density at radius 2 is 1.52 bits per heavy atom. The average Bonchev–Trinajstić information content (AvgIpc) is 2.60. The number of benzene rings is 1. The Labute approximate surface area is 162 Å². The number of nitrogens with zero attached hydrogens (tertiary/aromatic N) is 1. The van der Waals surface area contributed by atoms with Crippen LogP contribution in [0.1, 0.15) is 64.9 Å². The summed E-state index contributed by atoms with van der Waals surface area (Å²) in [6, 6.07) is 5.93. The zero-order chi connectivity index (χ0) is 18.0. The number of hydrogen-bond acceptors (Lipinski definition) is 2. The van der Waals surface area contributed by atoms with Crippen molar-refractivity contribution < 1.29 is 10.7 Å². The van der Waals surface area contributed by atoms with Crippen molar-refractivity contribution >= 4 is 39.4 Å². The zero-order valence-electron chi connectivity index (χ0n) is 15.9. The molecule has 0 spiro atoms. The van der Waals surface area contributed by atoms with Gasteiger partial charge in [-0.2, -0.15) is 0 Å². The molecule has 0 atom stereocenters. The molecule has 0 bridgehead atoms. The third-order valence-corrected chi connectivity index (χ3v) is 20.9. The maximum Gasteiger partial charge on any atom is -0.412 e. The standard InChI is InChI=1S/C7H6ClN2O.3C4H9.H2O.Sn/c8-6-3-1-5(2-4-6)7(9)10-11;3*1-3-4-2;;/h1,3-4,11H,(H2,9,10);3*1,3-4H2,2H3;1H2;. The molecule has 0 aliphatic rings. The molecular weight excluding hydrogens is 442 g/mol. The predicted octanol–water partition coefficient (Wildman–Crippen LogP) is 4.67. The molecule has 0 radical (unpaired) electrons. The first-order chi connectivity index (χ1) is 11.5.